The van der Waals surface area contributed by atoms with Crippen molar-refractivity contribution < 1.29 is 18.3 Å². The van der Waals surface area contributed by atoms with E-state index < -0.39 is 25.5 Å². The summed E-state index contributed by atoms with van der Waals surface area (Å²) in [5.74, 6) is 0.0216. The van der Waals surface area contributed by atoms with Crippen LogP contribution in [-0.2, 0) is 0 Å². The summed E-state index contributed by atoms with van der Waals surface area (Å²) in [6.07, 6.45) is -1.13. The van der Waals surface area contributed by atoms with E-state index in [1.807, 2.05) is 0 Å². The van der Waals surface area contributed by atoms with E-state index in [0.29, 0.717) is 21.9 Å². The summed E-state index contributed by atoms with van der Waals surface area (Å²) in [5.41, 5.74) is 6.99. The molecule has 0 saturated carbocycles. The zero-order valence-electron chi connectivity index (χ0n) is 12.2. The largest absolute Gasteiger partial charge is 0.485 e. The van der Waals surface area contributed by atoms with Crippen molar-refractivity contribution in [2.75, 3.05) is 13.3 Å². The van der Waals surface area contributed by atoms with Crippen LogP contribution in [0.1, 0.15) is 22.0 Å². The zero-order valence-corrected chi connectivity index (χ0v) is 13.0. The Morgan fingerprint density at radius 3 is 2.13 bits per heavy atom. The van der Waals surface area contributed by atoms with Crippen LogP contribution in [0, 0.1) is 0 Å². The lowest BCUT2D eigenvalue weighted by molar-refractivity contribution is 0.0961. The van der Waals surface area contributed by atoms with E-state index in [2.05, 4.69) is 0 Å². The van der Waals surface area contributed by atoms with Crippen molar-refractivity contribution in [1.82, 2.24) is 0 Å². The molecular weight excluding hydrogens is 324 g/mol. The quantitative estimate of drug-likeness (QED) is 0.778. The average Bonchev–Trinajstić information content (AvgIpc) is 2.59. The Balaban J connectivity index is 2.09. The van der Waals surface area contributed by atoms with Crippen LogP contribution in [0.4, 0.5) is 8.78 Å². The summed E-state index contributed by atoms with van der Waals surface area (Å²) < 4.78 is 30.0. The molecule has 0 fully saturated rings. The summed E-state index contributed by atoms with van der Waals surface area (Å²) in [4.78, 5) is 12.4. The normalized spacial score (nSPS) is 12.2. The third kappa shape index (κ3) is 4.50. The van der Waals surface area contributed by atoms with Gasteiger partial charge in [0, 0.05) is 10.6 Å². The van der Waals surface area contributed by atoms with Crippen molar-refractivity contribution in [2.24, 2.45) is 5.73 Å². The second-order valence-corrected chi connectivity index (χ2v) is 5.40. The Labute approximate surface area is 138 Å². The van der Waals surface area contributed by atoms with Gasteiger partial charge in [0.25, 0.3) is 0 Å². The molecule has 0 aliphatic rings. The van der Waals surface area contributed by atoms with E-state index in [1.165, 1.54) is 24.3 Å². The van der Waals surface area contributed by atoms with Gasteiger partial charge in [0.1, 0.15) is 19.1 Å². The standard InChI is InChI=1S/C17H16ClF2NO2/c18-13-5-1-11(2-6-13)16(21)17(22)12-3-7-14(8-4-12)23-15(9-19)10-20/h1-8,15-16H,9-10,21H2. The predicted octanol–water partition coefficient (Wildman–Crippen LogP) is 3.91. The molecule has 1 atom stereocenters. The monoisotopic (exact) mass is 339 g/mol. The molecule has 0 heterocycles. The van der Waals surface area contributed by atoms with E-state index >= 15 is 0 Å². The molecule has 122 valence electrons. The number of ether oxygens (including phenoxy) is 1. The molecule has 0 spiro atoms. The van der Waals surface area contributed by atoms with Gasteiger partial charge in [-0.3, -0.25) is 4.79 Å². The lowest BCUT2D eigenvalue weighted by atomic mass is 9.98. The number of alkyl halides is 2. The van der Waals surface area contributed by atoms with Gasteiger partial charge in [0.2, 0.25) is 0 Å². The van der Waals surface area contributed by atoms with Crippen LogP contribution < -0.4 is 10.5 Å². The van der Waals surface area contributed by atoms with E-state index in [-0.39, 0.29) is 5.78 Å². The van der Waals surface area contributed by atoms with Crippen LogP contribution >= 0.6 is 11.6 Å². The summed E-state index contributed by atoms with van der Waals surface area (Å²) in [6, 6.07) is 11.9. The Bertz CT molecular complexity index is 643. The van der Waals surface area contributed by atoms with Gasteiger partial charge in [-0.1, -0.05) is 23.7 Å². The summed E-state index contributed by atoms with van der Waals surface area (Å²) in [7, 11) is 0. The topological polar surface area (TPSA) is 52.3 Å². The lowest BCUT2D eigenvalue weighted by Gasteiger charge is -2.14. The van der Waals surface area contributed by atoms with Gasteiger partial charge in [0.05, 0.1) is 6.04 Å². The first-order valence-corrected chi connectivity index (χ1v) is 7.37. The molecule has 2 rings (SSSR count). The van der Waals surface area contributed by atoms with Crippen molar-refractivity contribution in [3.8, 4) is 5.75 Å². The number of rotatable bonds is 7. The number of hydrogen-bond acceptors (Lipinski definition) is 3. The summed E-state index contributed by atoms with van der Waals surface area (Å²) >= 11 is 5.80. The maximum absolute atomic E-state index is 12.4. The molecule has 3 nitrogen and oxygen atoms in total. The van der Waals surface area contributed by atoms with Crippen LogP contribution in [0.2, 0.25) is 5.02 Å². The number of ketones is 1. The molecule has 0 radical (unpaired) electrons. The molecule has 0 amide bonds. The lowest BCUT2D eigenvalue weighted by Crippen LogP contribution is -2.22. The molecule has 2 N–H and O–H groups in total. The minimum absolute atomic E-state index is 0.272. The number of halogens is 3. The smallest absolute Gasteiger partial charge is 0.184 e. The first-order chi connectivity index (χ1) is 11.0. The fraction of sp³-hybridized carbons (Fsp3) is 0.235. The SMILES string of the molecule is NC(C(=O)c1ccc(OC(CF)CF)cc1)c1ccc(Cl)cc1. The Kier molecular flexibility index (Phi) is 6.07. The second kappa shape index (κ2) is 8.04. The fourth-order valence-corrected chi connectivity index (χ4v) is 2.12. The number of carbonyl (C=O) groups excluding carboxylic acids is 1. The van der Waals surface area contributed by atoms with E-state index in [0.717, 1.165) is 0 Å². The minimum Gasteiger partial charge on any atom is -0.485 e. The van der Waals surface area contributed by atoms with Crippen molar-refractivity contribution >= 4 is 17.4 Å². The van der Waals surface area contributed by atoms with Crippen LogP contribution in [0.5, 0.6) is 5.75 Å². The molecule has 1 unspecified atom stereocenters. The highest BCUT2D eigenvalue weighted by Crippen LogP contribution is 2.21. The third-order valence-electron chi connectivity index (χ3n) is 3.30. The molecule has 0 saturated heterocycles. The zero-order chi connectivity index (χ0) is 16.8. The number of hydrogen-bond donors (Lipinski definition) is 1. The van der Waals surface area contributed by atoms with E-state index in [1.54, 1.807) is 24.3 Å². The minimum atomic E-state index is -1.13. The van der Waals surface area contributed by atoms with Gasteiger partial charge in [-0.25, -0.2) is 8.78 Å². The fourth-order valence-electron chi connectivity index (χ4n) is 2.00. The number of Topliss-reactive ketones (excluding diaryl/α,β-unsaturated/α-hetero) is 1. The van der Waals surface area contributed by atoms with Crippen molar-refractivity contribution in [3.63, 3.8) is 0 Å². The number of carbonyl (C=O) groups is 1. The number of nitrogens with two attached hydrogens (primary N) is 1. The van der Waals surface area contributed by atoms with Gasteiger partial charge in [0.15, 0.2) is 11.9 Å². The van der Waals surface area contributed by atoms with Gasteiger partial charge in [-0.15, -0.1) is 0 Å². The molecular formula is C17H16ClF2NO2. The van der Waals surface area contributed by atoms with E-state index in [4.69, 9.17) is 22.1 Å². The van der Waals surface area contributed by atoms with Gasteiger partial charge in [-0.05, 0) is 42.0 Å². The molecule has 2 aromatic carbocycles. The van der Waals surface area contributed by atoms with Crippen LogP contribution in [0.15, 0.2) is 48.5 Å². The van der Waals surface area contributed by atoms with Gasteiger partial charge < -0.3 is 10.5 Å². The molecule has 23 heavy (non-hydrogen) atoms. The van der Waals surface area contributed by atoms with Crippen LogP contribution in [0.25, 0.3) is 0 Å². The summed E-state index contributed by atoms with van der Waals surface area (Å²) in [5, 5.41) is 0.560. The van der Waals surface area contributed by atoms with Gasteiger partial charge >= 0.3 is 0 Å². The third-order valence-corrected chi connectivity index (χ3v) is 3.55. The first-order valence-electron chi connectivity index (χ1n) is 6.99. The number of benzene rings is 2. The van der Waals surface area contributed by atoms with Crippen molar-refractivity contribution in [2.45, 2.75) is 12.1 Å². The molecule has 6 heteroatoms. The van der Waals surface area contributed by atoms with Crippen LogP contribution in [-0.4, -0.2) is 25.2 Å². The molecule has 0 aliphatic carbocycles. The van der Waals surface area contributed by atoms with Crippen molar-refractivity contribution in [3.05, 3.63) is 64.7 Å². The Morgan fingerprint density at radius 2 is 1.61 bits per heavy atom. The first kappa shape index (κ1) is 17.4. The second-order valence-electron chi connectivity index (χ2n) is 4.97. The maximum atomic E-state index is 12.4. The Hall–Kier alpha value is -1.98. The Morgan fingerprint density at radius 1 is 1.04 bits per heavy atom. The summed E-state index contributed by atoms with van der Waals surface area (Å²) in [6.45, 7) is -1.84. The van der Waals surface area contributed by atoms with E-state index in [9.17, 15) is 13.6 Å². The maximum Gasteiger partial charge on any atom is 0.184 e. The predicted molar refractivity (Wildman–Crippen MR) is 85.5 cm³/mol. The van der Waals surface area contributed by atoms with Crippen LogP contribution in [0.3, 0.4) is 0 Å². The highest BCUT2D eigenvalue weighted by Gasteiger charge is 2.18. The highest BCUT2D eigenvalue weighted by molar-refractivity contribution is 6.30. The molecule has 0 bridgehead atoms. The van der Waals surface area contributed by atoms with Gasteiger partial charge in [-0.2, -0.15) is 0 Å². The van der Waals surface area contributed by atoms with Crippen molar-refractivity contribution in [1.29, 1.82) is 0 Å². The molecule has 2 aromatic rings. The molecule has 0 aliphatic heterocycles. The average molecular weight is 340 g/mol. The molecule has 0 aromatic heterocycles. The highest BCUT2D eigenvalue weighted by atomic mass is 35.5.